The van der Waals surface area contributed by atoms with Crippen molar-refractivity contribution in [3.63, 3.8) is 0 Å². The van der Waals surface area contributed by atoms with Gasteiger partial charge in [-0.15, -0.1) is 0 Å². The number of hydrogen-bond acceptors (Lipinski definition) is 4. The summed E-state index contributed by atoms with van der Waals surface area (Å²) in [7, 11) is 0. The molecule has 0 fully saturated rings. The minimum absolute atomic E-state index is 0.251. The zero-order valence-corrected chi connectivity index (χ0v) is 16.9. The van der Waals surface area contributed by atoms with E-state index < -0.39 is 0 Å². The molecule has 0 atom stereocenters. The second-order valence-corrected chi connectivity index (χ2v) is 6.72. The fourth-order valence-electron chi connectivity index (χ4n) is 3.13. The van der Waals surface area contributed by atoms with Gasteiger partial charge < -0.3 is 15.5 Å². The summed E-state index contributed by atoms with van der Waals surface area (Å²) < 4.78 is 13.4. The van der Waals surface area contributed by atoms with Gasteiger partial charge in [-0.1, -0.05) is 6.07 Å². The molecule has 2 N–H and O–H groups in total. The van der Waals surface area contributed by atoms with Crippen LogP contribution in [0.4, 0.5) is 27.1 Å². The Bertz CT molecular complexity index is 1000. The van der Waals surface area contributed by atoms with Gasteiger partial charge in [0, 0.05) is 36.3 Å². The Labute approximate surface area is 170 Å². The number of nitrogens with zero attached hydrogens (tertiary/aromatic N) is 2. The summed E-state index contributed by atoms with van der Waals surface area (Å²) in [4.78, 5) is 19.1. The standard InChI is InChI=1S/C23H25FN4O/c1-4-28(5-2)21-9-10-22(16(3)11-21)27-23(29)17-12-20(15-25-14-17)26-19-8-6-7-18(24)13-19/h6-15,26H,4-5H2,1-3H3,(H,27,29). The molecule has 1 aromatic heterocycles. The predicted octanol–water partition coefficient (Wildman–Crippen LogP) is 5.37. The number of amides is 1. The van der Waals surface area contributed by atoms with Gasteiger partial charge in [0.25, 0.3) is 5.91 Å². The van der Waals surface area contributed by atoms with Gasteiger partial charge in [0.1, 0.15) is 5.82 Å². The fourth-order valence-corrected chi connectivity index (χ4v) is 3.13. The number of pyridine rings is 1. The molecule has 1 heterocycles. The molecule has 3 aromatic rings. The van der Waals surface area contributed by atoms with E-state index in [1.165, 1.54) is 18.3 Å². The molecule has 0 saturated heterocycles. The summed E-state index contributed by atoms with van der Waals surface area (Å²) in [5.74, 6) is -0.584. The van der Waals surface area contributed by atoms with Crippen LogP contribution in [0.3, 0.4) is 0 Å². The van der Waals surface area contributed by atoms with Crippen LogP contribution in [0.2, 0.25) is 0 Å². The number of carbonyl (C=O) groups excluding carboxylic acids is 1. The summed E-state index contributed by atoms with van der Waals surface area (Å²) in [5, 5.41) is 6.00. The highest BCUT2D eigenvalue weighted by atomic mass is 19.1. The van der Waals surface area contributed by atoms with E-state index in [1.807, 2.05) is 19.1 Å². The first kappa shape index (κ1) is 20.3. The number of carbonyl (C=O) groups is 1. The second-order valence-electron chi connectivity index (χ2n) is 6.72. The maximum atomic E-state index is 13.4. The van der Waals surface area contributed by atoms with Gasteiger partial charge in [0.2, 0.25) is 0 Å². The van der Waals surface area contributed by atoms with E-state index >= 15 is 0 Å². The monoisotopic (exact) mass is 392 g/mol. The molecule has 150 valence electrons. The summed E-state index contributed by atoms with van der Waals surface area (Å²) in [6.07, 6.45) is 3.09. The third kappa shape index (κ3) is 5.10. The van der Waals surface area contributed by atoms with Crippen molar-refractivity contribution >= 4 is 28.7 Å². The first-order chi connectivity index (χ1) is 14.0. The van der Waals surface area contributed by atoms with Crippen LogP contribution in [0.25, 0.3) is 0 Å². The molecule has 3 rings (SSSR count). The number of nitrogens with one attached hydrogen (secondary N) is 2. The van der Waals surface area contributed by atoms with Gasteiger partial charge in [0.05, 0.1) is 17.4 Å². The highest BCUT2D eigenvalue weighted by Gasteiger charge is 2.11. The quantitative estimate of drug-likeness (QED) is 0.567. The average Bonchev–Trinajstić information content (AvgIpc) is 2.71. The lowest BCUT2D eigenvalue weighted by atomic mass is 10.1. The van der Waals surface area contributed by atoms with Crippen molar-refractivity contribution in [2.24, 2.45) is 0 Å². The molecular formula is C23H25FN4O. The molecular weight excluding hydrogens is 367 g/mol. The van der Waals surface area contributed by atoms with E-state index in [1.54, 1.807) is 24.4 Å². The first-order valence-electron chi connectivity index (χ1n) is 9.64. The number of aromatic nitrogens is 1. The van der Waals surface area contributed by atoms with Crippen LogP contribution in [-0.2, 0) is 0 Å². The SMILES string of the molecule is CCN(CC)c1ccc(NC(=O)c2cncc(Nc3cccc(F)c3)c2)c(C)c1. The van der Waals surface area contributed by atoms with Gasteiger partial charge in [0.15, 0.2) is 0 Å². The fraction of sp³-hybridized carbons (Fsp3) is 0.217. The van der Waals surface area contributed by atoms with Crippen molar-refractivity contribution < 1.29 is 9.18 Å². The number of halogens is 1. The molecule has 1 amide bonds. The number of benzene rings is 2. The van der Waals surface area contributed by atoms with Crippen molar-refractivity contribution in [3.8, 4) is 0 Å². The zero-order valence-electron chi connectivity index (χ0n) is 16.9. The first-order valence-corrected chi connectivity index (χ1v) is 9.64. The Morgan fingerprint density at radius 1 is 1.03 bits per heavy atom. The minimum Gasteiger partial charge on any atom is -0.372 e. The molecule has 0 bridgehead atoms. The van der Waals surface area contributed by atoms with Crippen molar-refractivity contribution in [2.45, 2.75) is 20.8 Å². The summed E-state index contributed by atoms with van der Waals surface area (Å²) in [5.41, 5.74) is 4.50. The number of anilines is 4. The van der Waals surface area contributed by atoms with Crippen LogP contribution in [0, 0.1) is 12.7 Å². The molecule has 0 unspecified atom stereocenters. The highest BCUT2D eigenvalue weighted by Crippen LogP contribution is 2.24. The van der Waals surface area contributed by atoms with Crippen molar-refractivity contribution in [1.29, 1.82) is 0 Å². The lowest BCUT2D eigenvalue weighted by molar-refractivity contribution is 0.102. The molecule has 0 saturated carbocycles. The smallest absolute Gasteiger partial charge is 0.257 e. The van der Waals surface area contributed by atoms with Crippen LogP contribution in [-0.4, -0.2) is 24.0 Å². The Balaban J connectivity index is 1.74. The Hall–Kier alpha value is -3.41. The third-order valence-corrected chi connectivity index (χ3v) is 4.70. The van der Waals surface area contributed by atoms with Gasteiger partial charge in [-0.3, -0.25) is 9.78 Å². The van der Waals surface area contributed by atoms with Crippen molar-refractivity contribution in [3.05, 3.63) is 77.9 Å². The predicted molar refractivity (Wildman–Crippen MR) is 117 cm³/mol. The molecule has 29 heavy (non-hydrogen) atoms. The zero-order chi connectivity index (χ0) is 20.8. The topological polar surface area (TPSA) is 57.3 Å². The number of aryl methyl sites for hydroxylation is 1. The largest absolute Gasteiger partial charge is 0.372 e. The molecule has 2 aromatic carbocycles. The Kier molecular flexibility index (Phi) is 6.44. The molecule has 5 nitrogen and oxygen atoms in total. The Morgan fingerprint density at radius 3 is 2.52 bits per heavy atom. The van der Waals surface area contributed by atoms with Crippen LogP contribution in [0.1, 0.15) is 29.8 Å². The van der Waals surface area contributed by atoms with Crippen molar-refractivity contribution in [1.82, 2.24) is 4.98 Å². The molecule has 0 aliphatic carbocycles. The molecule has 0 radical (unpaired) electrons. The minimum atomic E-state index is -0.333. The van der Waals surface area contributed by atoms with Gasteiger partial charge in [-0.05, 0) is 68.8 Å². The van der Waals surface area contributed by atoms with E-state index in [-0.39, 0.29) is 11.7 Å². The second kappa shape index (κ2) is 9.19. The molecule has 0 spiro atoms. The average molecular weight is 392 g/mol. The van der Waals surface area contributed by atoms with Gasteiger partial charge in [-0.2, -0.15) is 0 Å². The van der Waals surface area contributed by atoms with Crippen LogP contribution in [0.15, 0.2) is 60.9 Å². The molecule has 0 aliphatic heterocycles. The van der Waals surface area contributed by atoms with E-state index in [2.05, 4.69) is 40.4 Å². The number of rotatable bonds is 7. The molecule has 6 heteroatoms. The Morgan fingerprint density at radius 2 is 1.83 bits per heavy atom. The van der Waals surface area contributed by atoms with E-state index in [9.17, 15) is 9.18 Å². The van der Waals surface area contributed by atoms with Crippen LogP contribution in [0.5, 0.6) is 0 Å². The maximum absolute atomic E-state index is 13.4. The normalized spacial score (nSPS) is 10.5. The summed E-state index contributed by atoms with van der Waals surface area (Å²) in [6, 6.07) is 13.8. The lowest BCUT2D eigenvalue weighted by Gasteiger charge is -2.22. The van der Waals surface area contributed by atoms with E-state index in [4.69, 9.17) is 0 Å². The lowest BCUT2D eigenvalue weighted by Crippen LogP contribution is -2.22. The summed E-state index contributed by atoms with van der Waals surface area (Å²) in [6.45, 7) is 8.07. The van der Waals surface area contributed by atoms with Crippen LogP contribution >= 0.6 is 0 Å². The van der Waals surface area contributed by atoms with E-state index in [0.717, 1.165) is 30.0 Å². The van der Waals surface area contributed by atoms with Crippen LogP contribution < -0.4 is 15.5 Å². The molecule has 0 aliphatic rings. The summed E-state index contributed by atoms with van der Waals surface area (Å²) >= 11 is 0. The number of hydrogen-bond donors (Lipinski definition) is 2. The third-order valence-electron chi connectivity index (χ3n) is 4.70. The maximum Gasteiger partial charge on any atom is 0.257 e. The van der Waals surface area contributed by atoms with E-state index in [0.29, 0.717) is 16.9 Å². The van der Waals surface area contributed by atoms with Gasteiger partial charge in [-0.25, -0.2) is 4.39 Å². The highest BCUT2D eigenvalue weighted by molar-refractivity contribution is 6.05. The van der Waals surface area contributed by atoms with Gasteiger partial charge >= 0.3 is 0 Å². The van der Waals surface area contributed by atoms with Crippen molar-refractivity contribution in [2.75, 3.05) is 28.6 Å².